The number of carbonyl (C=O) groups is 1. The Morgan fingerprint density at radius 2 is 1.74 bits per heavy atom. The van der Waals surface area contributed by atoms with E-state index in [0.717, 1.165) is 31.5 Å². The van der Waals surface area contributed by atoms with E-state index in [1.807, 2.05) is 24.1 Å². The molecule has 0 radical (unpaired) electrons. The third-order valence-corrected chi connectivity index (χ3v) is 5.51. The molecule has 2 heterocycles. The van der Waals surface area contributed by atoms with Gasteiger partial charge in [-0.3, -0.25) is 4.79 Å². The number of rotatable bonds is 10. The fourth-order valence-corrected chi connectivity index (χ4v) is 3.73. The van der Waals surface area contributed by atoms with E-state index in [1.54, 1.807) is 6.20 Å². The summed E-state index contributed by atoms with van der Waals surface area (Å²) in [7, 11) is 1.97. The van der Waals surface area contributed by atoms with Crippen molar-refractivity contribution in [1.29, 1.82) is 0 Å². The number of nitrogens with zero attached hydrogens (tertiary/aromatic N) is 3. The zero-order chi connectivity index (χ0) is 22.4. The van der Waals surface area contributed by atoms with E-state index in [1.165, 1.54) is 11.1 Å². The number of fused-ring (bicyclic) bond motifs is 1. The molecule has 6 heteroatoms. The third kappa shape index (κ3) is 5.84. The lowest BCUT2D eigenvalue weighted by Gasteiger charge is -2.20. The molecule has 6 nitrogen and oxygen atoms in total. The Bertz CT molecular complexity index is 950. The van der Waals surface area contributed by atoms with Gasteiger partial charge in [-0.25, -0.2) is 4.98 Å². The van der Waals surface area contributed by atoms with E-state index >= 15 is 0 Å². The fraction of sp³-hybridized carbons (Fsp3) is 0.480. The van der Waals surface area contributed by atoms with E-state index in [2.05, 4.69) is 61.2 Å². The summed E-state index contributed by atoms with van der Waals surface area (Å²) < 4.78 is 5.74. The lowest BCUT2D eigenvalue weighted by Crippen LogP contribution is -2.19. The molecule has 0 saturated carbocycles. The van der Waals surface area contributed by atoms with Gasteiger partial charge in [0.2, 0.25) is 11.6 Å². The second-order valence-electron chi connectivity index (χ2n) is 8.72. The molecule has 0 bridgehead atoms. The van der Waals surface area contributed by atoms with E-state index < -0.39 is 0 Å². The van der Waals surface area contributed by atoms with Gasteiger partial charge in [0, 0.05) is 31.9 Å². The number of hydrogen-bond acceptors (Lipinski definition) is 5. The zero-order valence-corrected chi connectivity index (χ0v) is 19.3. The van der Waals surface area contributed by atoms with Crippen molar-refractivity contribution in [3.8, 4) is 0 Å². The average molecular weight is 423 g/mol. The first-order chi connectivity index (χ1) is 14.9. The number of anilines is 2. The minimum Gasteiger partial charge on any atom is -0.422 e. The maximum atomic E-state index is 12.6. The van der Waals surface area contributed by atoms with Crippen LogP contribution in [0.4, 0.5) is 11.7 Å². The van der Waals surface area contributed by atoms with Crippen LogP contribution in [-0.4, -0.2) is 29.5 Å². The monoisotopic (exact) mass is 422 g/mol. The Balaban J connectivity index is 1.46. The Morgan fingerprint density at radius 3 is 2.39 bits per heavy atom. The predicted octanol–water partition coefficient (Wildman–Crippen LogP) is 6.10. The number of carbonyl (C=O) groups excluding carboxylic acids is 1. The number of benzene rings is 1. The summed E-state index contributed by atoms with van der Waals surface area (Å²) in [6.07, 6.45) is 5.04. The van der Waals surface area contributed by atoms with Gasteiger partial charge in [-0.15, -0.1) is 0 Å². The Labute approximate surface area is 185 Å². The molecule has 3 aromatic rings. The van der Waals surface area contributed by atoms with Gasteiger partial charge in [0.1, 0.15) is 0 Å². The molecule has 1 N–H and O–H groups in total. The normalized spacial score (nSPS) is 11.5. The van der Waals surface area contributed by atoms with Gasteiger partial charge in [0.05, 0.1) is 0 Å². The van der Waals surface area contributed by atoms with Crippen LogP contribution in [-0.2, 0) is 4.79 Å². The average Bonchev–Trinajstić information content (AvgIpc) is 3.17. The fourth-order valence-electron chi connectivity index (χ4n) is 3.73. The SMILES string of the molecule is CC(C)c1cccc(C(C)C)c1NC(=O)CCCCCN(C)c1nc2ncccc2o1. The number of nitrogens with one attached hydrogen (secondary N) is 1. The van der Waals surface area contributed by atoms with Gasteiger partial charge < -0.3 is 14.6 Å². The van der Waals surface area contributed by atoms with Crippen LogP contribution in [0.15, 0.2) is 40.9 Å². The van der Waals surface area contributed by atoms with E-state index in [9.17, 15) is 4.79 Å². The number of oxazole rings is 1. The van der Waals surface area contributed by atoms with Crippen molar-refractivity contribution >= 4 is 28.8 Å². The summed E-state index contributed by atoms with van der Waals surface area (Å²) in [4.78, 5) is 23.2. The van der Waals surface area contributed by atoms with Crippen molar-refractivity contribution in [2.75, 3.05) is 23.8 Å². The number of para-hydroxylation sites is 1. The molecule has 0 unspecified atom stereocenters. The Kier molecular flexibility index (Phi) is 7.66. The highest BCUT2D eigenvalue weighted by Crippen LogP contribution is 2.32. The molecule has 0 atom stereocenters. The van der Waals surface area contributed by atoms with Crippen LogP contribution < -0.4 is 10.2 Å². The minimum atomic E-state index is 0.0911. The molecule has 0 aliphatic rings. The maximum absolute atomic E-state index is 12.6. The van der Waals surface area contributed by atoms with Crippen molar-refractivity contribution in [2.45, 2.75) is 65.2 Å². The second kappa shape index (κ2) is 10.4. The molecule has 0 aliphatic carbocycles. The van der Waals surface area contributed by atoms with E-state index in [-0.39, 0.29) is 5.91 Å². The molecule has 2 aromatic heterocycles. The number of hydrogen-bond donors (Lipinski definition) is 1. The quantitative estimate of drug-likeness (QED) is 0.399. The first kappa shape index (κ1) is 22.8. The molecule has 3 rings (SSSR count). The molecular formula is C25H34N4O2. The summed E-state index contributed by atoms with van der Waals surface area (Å²) in [5.41, 5.74) is 4.73. The lowest BCUT2D eigenvalue weighted by atomic mass is 9.92. The summed E-state index contributed by atoms with van der Waals surface area (Å²) in [5, 5.41) is 3.20. The highest BCUT2D eigenvalue weighted by Gasteiger charge is 2.16. The molecule has 0 fully saturated rings. The van der Waals surface area contributed by atoms with Crippen molar-refractivity contribution in [1.82, 2.24) is 9.97 Å². The van der Waals surface area contributed by atoms with Crippen LogP contribution in [0, 0.1) is 0 Å². The molecule has 0 spiro atoms. The van der Waals surface area contributed by atoms with Crippen molar-refractivity contribution in [3.63, 3.8) is 0 Å². The van der Waals surface area contributed by atoms with Crippen LogP contribution in [0.2, 0.25) is 0 Å². The molecule has 1 aromatic carbocycles. The summed E-state index contributed by atoms with van der Waals surface area (Å²) in [6, 6.07) is 10.6. The summed E-state index contributed by atoms with van der Waals surface area (Å²) in [5.74, 6) is 0.826. The first-order valence-electron chi connectivity index (χ1n) is 11.2. The van der Waals surface area contributed by atoms with Crippen LogP contribution in [0.25, 0.3) is 11.2 Å². The number of aromatic nitrogens is 2. The highest BCUT2D eigenvalue weighted by molar-refractivity contribution is 5.92. The standard InChI is InChI=1S/C25H34N4O2/c1-17(2)19-11-9-12-20(18(3)4)23(19)27-22(30)14-7-6-8-16-29(5)25-28-24-21(31-25)13-10-15-26-24/h9-13,15,17-18H,6-8,14,16H2,1-5H3,(H,27,30). The van der Waals surface area contributed by atoms with Crippen LogP contribution in [0.1, 0.15) is 76.3 Å². The molecule has 166 valence electrons. The lowest BCUT2D eigenvalue weighted by molar-refractivity contribution is -0.116. The zero-order valence-electron chi connectivity index (χ0n) is 19.3. The number of amides is 1. The number of unbranched alkanes of at least 4 members (excludes halogenated alkanes) is 2. The second-order valence-corrected chi connectivity index (χ2v) is 8.72. The van der Waals surface area contributed by atoms with Gasteiger partial charge in [-0.05, 0) is 47.9 Å². The third-order valence-electron chi connectivity index (χ3n) is 5.51. The van der Waals surface area contributed by atoms with Gasteiger partial charge >= 0.3 is 0 Å². The highest BCUT2D eigenvalue weighted by atomic mass is 16.4. The van der Waals surface area contributed by atoms with Gasteiger partial charge in [-0.1, -0.05) is 52.3 Å². The van der Waals surface area contributed by atoms with Crippen molar-refractivity contribution in [2.24, 2.45) is 0 Å². The molecular weight excluding hydrogens is 388 g/mol. The van der Waals surface area contributed by atoms with Crippen molar-refractivity contribution in [3.05, 3.63) is 47.7 Å². The van der Waals surface area contributed by atoms with Crippen LogP contribution >= 0.6 is 0 Å². The summed E-state index contributed by atoms with van der Waals surface area (Å²) >= 11 is 0. The van der Waals surface area contributed by atoms with Gasteiger partial charge in [0.25, 0.3) is 6.01 Å². The Hall–Kier alpha value is -2.89. The molecule has 31 heavy (non-hydrogen) atoms. The van der Waals surface area contributed by atoms with E-state index in [0.29, 0.717) is 35.5 Å². The maximum Gasteiger partial charge on any atom is 0.299 e. The number of pyridine rings is 1. The molecule has 1 amide bonds. The Morgan fingerprint density at radius 1 is 1.03 bits per heavy atom. The summed E-state index contributed by atoms with van der Waals surface area (Å²) in [6.45, 7) is 9.48. The van der Waals surface area contributed by atoms with Crippen LogP contribution in [0.5, 0.6) is 0 Å². The largest absolute Gasteiger partial charge is 0.422 e. The van der Waals surface area contributed by atoms with Gasteiger partial charge in [-0.2, -0.15) is 4.98 Å². The topological polar surface area (TPSA) is 71.3 Å². The smallest absolute Gasteiger partial charge is 0.299 e. The molecule has 0 saturated heterocycles. The van der Waals surface area contributed by atoms with E-state index in [4.69, 9.17) is 4.42 Å². The van der Waals surface area contributed by atoms with Gasteiger partial charge in [0.15, 0.2) is 5.58 Å². The first-order valence-corrected chi connectivity index (χ1v) is 11.2. The van der Waals surface area contributed by atoms with Crippen molar-refractivity contribution < 1.29 is 9.21 Å². The predicted molar refractivity (Wildman–Crippen MR) is 127 cm³/mol. The molecule has 0 aliphatic heterocycles. The van der Waals surface area contributed by atoms with Crippen LogP contribution in [0.3, 0.4) is 0 Å². The minimum absolute atomic E-state index is 0.0911.